The molecule has 0 bridgehead atoms. The normalized spacial score (nSPS) is 26.9. The smallest absolute Gasteiger partial charge is 0.308 e. The Morgan fingerprint density at radius 1 is 1.33 bits per heavy atom. The van der Waals surface area contributed by atoms with Crippen molar-refractivity contribution >= 4 is 15.8 Å². The number of aliphatic carboxylic acids is 1. The summed E-state index contributed by atoms with van der Waals surface area (Å²) in [5, 5.41) is 8.15. The van der Waals surface area contributed by atoms with E-state index in [1.807, 2.05) is 0 Å². The molecule has 1 aromatic carbocycles. The van der Waals surface area contributed by atoms with Gasteiger partial charge in [0, 0.05) is 11.7 Å². The summed E-state index contributed by atoms with van der Waals surface area (Å²) < 4.78 is 36.4. The van der Waals surface area contributed by atoms with E-state index in [1.165, 1.54) is 31.2 Å². The zero-order chi connectivity index (χ0) is 13.5. The van der Waals surface area contributed by atoms with Crippen molar-refractivity contribution in [2.24, 2.45) is 5.92 Å². The highest BCUT2D eigenvalue weighted by Gasteiger charge is 2.62. The molecular weight excluding hydrogens is 259 g/mol. The maximum Gasteiger partial charge on any atom is 0.308 e. The zero-order valence-electron chi connectivity index (χ0n) is 9.71. The van der Waals surface area contributed by atoms with Crippen molar-refractivity contribution in [1.29, 1.82) is 0 Å². The van der Waals surface area contributed by atoms with Gasteiger partial charge in [-0.15, -0.1) is 0 Å². The zero-order valence-corrected chi connectivity index (χ0v) is 10.5. The number of rotatable bonds is 4. The molecule has 6 heteroatoms. The summed E-state index contributed by atoms with van der Waals surface area (Å²) in [5.74, 6) is -3.11. The molecule has 2 rings (SSSR count). The Morgan fingerprint density at radius 3 is 2.33 bits per heavy atom. The molecule has 0 aliphatic heterocycles. The molecule has 0 amide bonds. The van der Waals surface area contributed by atoms with E-state index in [-0.39, 0.29) is 5.75 Å². The summed E-state index contributed by atoms with van der Waals surface area (Å²) in [4.78, 5) is 11.0. The first-order valence-corrected chi connectivity index (χ1v) is 7.30. The molecule has 1 saturated carbocycles. The fraction of sp³-hybridized carbons (Fsp3) is 0.417. The van der Waals surface area contributed by atoms with Crippen molar-refractivity contribution in [1.82, 2.24) is 0 Å². The van der Waals surface area contributed by atoms with Crippen LogP contribution in [0.3, 0.4) is 0 Å². The van der Waals surface area contributed by atoms with E-state index in [2.05, 4.69) is 0 Å². The van der Waals surface area contributed by atoms with Crippen LogP contribution in [0.1, 0.15) is 18.4 Å². The molecule has 1 N–H and O–H groups in total. The van der Waals surface area contributed by atoms with Crippen LogP contribution in [0.2, 0.25) is 0 Å². The molecule has 0 saturated heterocycles. The number of hydrogen-bond donors (Lipinski definition) is 1. The van der Waals surface area contributed by atoms with Gasteiger partial charge in [0.15, 0.2) is 9.84 Å². The lowest BCUT2D eigenvalue weighted by atomic mass is 10.1. The standard InChI is InChI=1S/C12H13FO4S/c1-2-18(16,17)11-9(10(11)12(14)15)7-3-5-8(13)6-4-7/h3-6,9-11H,2H2,1H3,(H,14,15)/t9-,10+,11-/m0/s1. The van der Waals surface area contributed by atoms with Crippen LogP contribution < -0.4 is 0 Å². The minimum Gasteiger partial charge on any atom is -0.481 e. The predicted octanol–water partition coefficient (Wildman–Crippen LogP) is 1.43. The van der Waals surface area contributed by atoms with Gasteiger partial charge >= 0.3 is 5.97 Å². The van der Waals surface area contributed by atoms with E-state index in [1.54, 1.807) is 0 Å². The van der Waals surface area contributed by atoms with Gasteiger partial charge in [0.2, 0.25) is 0 Å². The van der Waals surface area contributed by atoms with Gasteiger partial charge in [0.25, 0.3) is 0 Å². The average molecular weight is 272 g/mol. The highest BCUT2D eigenvalue weighted by Crippen LogP contribution is 2.52. The Balaban J connectivity index is 2.33. The van der Waals surface area contributed by atoms with E-state index in [0.717, 1.165) is 0 Å². The maximum absolute atomic E-state index is 12.8. The molecule has 0 radical (unpaired) electrons. The van der Waals surface area contributed by atoms with Gasteiger partial charge < -0.3 is 5.11 Å². The van der Waals surface area contributed by atoms with E-state index in [0.29, 0.717) is 5.56 Å². The molecule has 1 aromatic rings. The van der Waals surface area contributed by atoms with Crippen LogP contribution in [0.4, 0.5) is 4.39 Å². The SMILES string of the molecule is CCS(=O)(=O)[C@@H]1[C@H](C(=O)O)[C@@H]1c1ccc(F)cc1. The Kier molecular flexibility index (Phi) is 3.14. The monoisotopic (exact) mass is 272 g/mol. The minimum atomic E-state index is -3.40. The third-order valence-electron chi connectivity index (χ3n) is 3.31. The fourth-order valence-electron chi connectivity index (χ4n) is 2.30. The fourth-order valence-corrected chi connectivity index (χ4v) is 4.10. The van der Waals surface area contributed by atoms with Gasteiger partial charge in [-0.05, 0) is 17.7 Å². The highest BCUT2D eigenvalue weighted by molar-refractivity contribution is 7.92. The van der Waals surface area contributed by atoms with Crippen LogP contribution in [-0.2, 0) is 14.6 Å². The van der Waals surface area contributed by atoms with Crippen LogP contribution >= 0.6 is 0 Å². The minimum absolute atomic E-state index is 0.0842. The average Bonchev–Trinajstić information content (AvgIpc) is 3.06. The molecule has 3 atom stereocenters. The summed E-state index contributed by atoms with van der Waals surface area (Å²) >= 11 is 0. The first-order valence-electron chi connectivity index (χ1n) is 5.58. The number of carbonyl (C=O) groups is 1. The van der Waals surface area contributed by atoms with E-state index in [4.69, 9.17) is 5.11 Å². The summed E-state index contributed by atoms with van der Waals surface area (Å²) in [6, 6.07) is 5.31. The summed E-state index contributed by atoms with van der Waals surface area (Å²) in [6.45, 7) is 1.49. The molecule has 0 heterocycles. The van der Waals surface area contributed by atoms with E-state index >= 15 is 0 Å². The first-order chi connectivity index (χ1) is 8.38. The molecule has 18 heavy (non-hydrogen) atoms. The number of hydrogen-bond acceptors (Lipinski definition) is 3. The molecule has 1 aliphatic carbocycles. The molecule has 4 nitrogen and oxygen atoms in total. The van der Waals surface area contributed by atoms with Gasteiger partial charge in [-0.3, -0.25) is 4.79 Å². The molecule has 0 aromatic heterocycles. The van der Waals surface area contributed by atoms with Gasteiger partial charge in [0.1, 0.15) is 5.82 Å². The summed E-state index contributed by atoms with van der Waals surface area (Å²) in [5.41, 5.74) is 0.561. The van der Waals surface area contributed by atoms with Gasteiger partial charge in [-0.2, -0.15) is 0 Å². The van der Waals surface area contributed by atoms with Gasteiger partial charge in [-0.1, -0.05) is 19.1 Å². The molecule has 1 fully saturated rings. The van der Waals surface area contributed by atoms with E-state index in [9.17, 15) is 17.6 Å². The Bertz CT molecular complexity index is 564. The van der Waals surface area contributed by atoms with Crippen molar-refractivity contribution in [2.45, 2.75) is 18.1 Å². The van der Waals surface area contributed by atoms with Crippen molar-refractivity contribution in [3.63, 3.8) is 0 Å². The Labute approximate surface area is 104 Å². The van der Waals surface area contributed by atoms with Crippen LogP contribution in [0.25, 0.3) is 0 Å². The van der Waals surface area contributed by atoms with Crippen LogP contribution in [0.15, 0.2) is 24.3 Å². The number of sulfone groups is 1. The lowest BCUT2D eigenvalue weighted by molar-refractivity contribution is -0.138. The number of halogens is 1. The summed E-state index contributed by atoms with van der Waals surface area (Å²) in [7, 11) is -3.40. The van der Waals surface area contributed by atoms with Crippen LogP contribution in [0, 0.1) is 11.7 Å². The lowest BCUT2D eigenvalue weighted by Crippen LogP contribution is -2.14. The number of benzene rings is 1. The molecule has 98 valence electrons. The van der Waals surface area contributed by atoms with Crippen LogP contribution in [-0.4, -0.2) is 30.5 Å². The van der Waals surface area contributed by atoms with Gasteiger partial charge in [0.05, 0.1) is 11.2 Å². The van der Waals surface area contributed by atoms with Crippen molar-refractivity contribution in [2.75, 3.05) is 5.75 Å². The van der Waals surface area contributed by atoms with Crippen molar-refractivity contribution < 1.29 is 22.7 Å². The van der Waals surface area contributed by atoms with Crippen molar-refractivity contribution in [3.8, 4) is 0 Å². The third kappa shape index (κ3) is 2.12. The quantitative estimate of drug-likeness (QED) is 0.900. The second kappa shape index (κ2) is 4.35. The first kappa shape index (κ1) is 13.0. The third-order valence-corrected chi connectivity index (χ3v) is 5.53. The summed E-state index contributed by atoms with van der Waals surface area (Å²) in [6.07, 6.45) is 0. The molecule has 0 unspecified atom stereocenters. The Morgan fingerprint density at radius 2 is 1.89 bits per heavy atom. The maximum atomic E-state index is 12.8. The van der Waals surface area contributed by atoms with Crippen molar-refractivity contribution in [3.05, 3.63) is 35.6 Å². The second-order valence-electron chi connectivity index (χ2n) is 4.36. The Hall–Kier alpha value is -1.43. The van der Waals surface area contributed by atoms with Gasteiger partial charge in [-0.25, -0.2) is 12.8 Å². The largest absolute Gasteiger partial charge is 0.481 e. The van der Waals surface area contributed by atoms with E-state index < -0.39 is 38.7 Å². The molecular formula is C12H13FO4S. The molecule has 0 spiro atoms. The van der Waals surface area contributed by atoms with Crippen LogP contribution in [0.5, 0.6) is 0 Å². The predicted molar refractivity (Wildman–Crippen MR) is 63.5 cm³/mol. The molecule has 1 aliphatic rings. The second-order valence-corrected chi connectivity index (χ2v) is 6.80. The topological polar surface area (TPSA) is 71.4 Å². The number of carboxylic acid groups (broad SMARTS) is 1. The highest BCUT2D eigenvalue weighted by atomic mass is 32.2. The number of carboxylic acids is 1. The lowest BCUT2D eigenvalue weighted by Gasteiger charge is -2.00.